The first kappa shape index (κ1) is 21.2. The minimum atomic E-state index is -0.482. The number of ether oxygens (including phenoxy) is 2. The van der Waals surface area contributed by atoms with Crippen LogP contribution >= 0.6 is 27.5 Å². The summed E-state index contributed by atoms with van der Waals surface area (Å²) in [5.41, 5.74) is 1.13. The highest BCUT2D eigenvalue weighted by molar-refractivity contribution is 9.10. The zero-order valence-electron chi connectivity index (χ0n) is 16.3. The Hall–Kier alpha value is -1.55. The molecule has 0 spiro atoms. The van der Waals surface area contributed by atoms with Gasteiger partial charge in [0, 0.05) is 22.9 Å². The molecule has 2 aromatic rings. The van der Waals surface area contributed by atoms with E-state index in [-0.39, 0.29) is 18.6 Å². The van der Waals surface area contributed by atoms with E-state index >= 15 is 0 Å². The molecule has 1 aliphatic rings. The molecule has 0 bridgehead atoms. The van der Waals surface area contributed by atoms with E-state index in [9.17, 15) is 4.79 Å². The van der Waals surface area contributed by atoms with E-state index < -0.39 is 5.60 Å². The Morgan fingerprint density at radius 2 is 2.25 bits per heavy atom. The van der Waals surface area contributed by atoms with Crippen molar-refractivity contribution in [1.82, 2.24) is 9.78 Å². The fourth-order valence-electron chi connectivity index (χ4n) is 3.09. The molecule has 28 heavy (non-hydrogen) atoms. The second-order valence-electron chi connectivity index (χ2n) is 7.78. The number of carbonyl (C=O) groups is 1. The zero-order valence-corrected chi connectivity index (χ0v) is 18.7. The molecule has 5 nitrogen and oxygen atoms in total. The van der Waals surface area contributed by atoms with Crippen molar-refractivity contribution in [2.75, 3.05) is 6.61 Å². The van der Waals surface area contributed by atoms with Crippen molar-refractivity contribution in [3.05, 3.63) is 27.3 Å². The van der Waals surface area contributed by atoms with E-state index in [0.717, 1.165) is 41.2 Å². The summed E-state index contributed by atoms with van der Waals surface area (Å²) in [5.74, 6) is 5.84. The molecule has 7 heteroatoms. The molecular weight excluding hydrogens is 444 g/mol. The average Bonchev–Trinajstić information content (AvgIpc) is 3.04. The molecule has 2 heterocycles. The van der Waals surface area contributed by atoms with Crippen LogP contribution in [0.25, 0.3) is 10.9 Å². The molecule has 0 amide bonds. The summed E-state index contributed by atoms with van der Waals surface area (Å²) in [7, 11) is 0. The first-order valence-corrected chi connectivity index (χ1v) is 10.6. The van der Waals surface area contributed by atoms with E-state index in [0.29, 0.717) is 17.0 Å². The summed E-state index contributed by atoms with van der Waals surface area (Å²) in [4.78, 5) is 11.8. The Morgan fingerprint density at radius 3 is 2.93 bits per heavy atom. The number of carbonyl (C=O) groups excluding carboxylic acids is 1. The van der Waals surface area contributed by atoms with Gasteiger partial charge in [-0.2, -0.15) is 5.10 Å². The lowest BCUT2D eigenvalue weighted by atomic mass is 10.1. The average molecular weight is 468 g/mol. The standard InChI is InChI=1S/C21H24BrClN2O3/c1-21(2,3)28-19(26)10-5-4-8-14-16(23)12-17-15(20(14)22)13-24-25(17)18-9-6-7-11-27-18/h12-13,18H,5-7,9-11H2,1-3H3. The molecule has 0 aliphatic carbocycles. The topological polar surface area (TPSA) is 53.3 Å². The van der Waals surface area contributed by atoms with Gasteiger partial charge in [-0.1, -0.05) is 23.4 Å². The van der Waals surface area contributed by atoms with Gasteiger partial charge in [0.25, 0.3) is 0 Å². The van der Waals surface area contributed by atoms with E-state index in [1.54, 1.807) is 6.20 Å². The molecular formula is C21H24BrClN2O3. The van der Waals surface area contributed by atoms with Crippen molar-refractivity contribution in [2.45, 2.75) is 64.7 Å². The number of esters is 1. The van der Waals surface area contributed by atoms with Crippen molar-refractivity contribution in [2.24, 2.45) is 0 Å². The van der Waals surface area contributed by atoms with Gasteiger partial charge in [-0.25, -0.2) is 4.68 Å². The number of benzene rings is 1. The summed E-state index contributed by atoms with van der Waals surface area (Å²) in [5, 5.41) is 5.99. The number of fused-ring (bicyclic) bond motifs is 1. The van der Waals surface area contributed by atoms with Gasteiger partial charge < -0.3 is 9.47 Å². The summed E-state index contributed by atoms with van der Waals surface area (Å²) >= 11 is 10.1. The Labute approximate surface area is 178 Å². The molecule has 150 valence electrons. The van der Waals surface area contributed by atoms with Crippen LogP contribution in [0, 0.1) is 11.8 Å². The fourth-order valence-corrected chi connectivity index (χ4v) is 4.06. The molecule has 3 rings (SSSR count). The lowest BCUT2D eigenvalue weighted by Crippen LogP contribution is -2.23. The highest BCUT2D eigenvalue weighted by atomic mass is 79.9. The van der Waals surface area contributed by atoms with E-state index in [2.05, 4.69) is 32.9 Å². The Morgan fingerprint density at radius 1 is 1.46 bits per heavy atom. The summed E-state index contributed by atoms with van der Waals surface area (Å²) in [6.07, 6.45) is 5.56. The molecule has 1 aromatic heterocycles. The van der Waals surface area contributed by atoms with Crippen molar-refractivity contribution in [3.8, 4) is 11.8 Å². The fraction of sp³-hybridized carbons (Fsp3) is 0.524. The Kier molecular flexibility index (Phi) is 6.69. The maximum absolute atomic E-state index is 11.8. The Balaban J connectivity index is 1.77. The predicted molar refractivity (Wildman–Crippen MR) is 113 cm³/mol. The minimum absolute atomic E-state index is 0.0556. The van der Waals surface area contributed by atoms with Crippen molar-refractivity contribution in [1.29, 1.82) is 0 Å². The third-order valence-electron chi connectivity index (χ3n) is 4.31. The largest absolute Gasteiger partial charge is 0.460 e. The van der Waals surface area contributed by atoms with Crippen LogP contribution < -0.4 is 0 Å². The van der Waals surface area contributed by atoms with Crippen molar-refractivity contribution in [3.63, 3.8) is 0 Å². The second kappa shape index (κ2) is 8.86. The van der Waals surface area contributed by atoms with E-state index in [1.807, 2.05) is 31.5 Å². The van der Waals surface area contributed by atoms with Crippen LogP contribution in [-0.4, -0.2) is 28.0 Å². The SMILES string of the molecule is CC(C)(C)OC(=O)CCC#Cc1c(Cl)cc2c(cnn2C2CCCCO2)c1Br. The van der Waals surface area contributed by atoms with Crippen LogP contribution in [0.2, 0.25) is 5.02 Å². The van der Waals surface area contributed by atoms with E-state index in [1.165, 1.54) is 0 Å². The molecule has 1 fully saturated rings. The first-order chi connectivity index (χ1) is 13.3. The van der Waals surface area contributed by atoms with E-state index in [4.69, 9.17) is 21.1 Å². The molecule has 1 aromatic carbocycles. The summed E-state index contributed by atoms with van der Waals surface area (Å²) in [6, 6.07) is 1.88. The van der Waals surface area contributed by atoms with Crippen LogP contribution in [0.5, 0.6) is 0 Å². The van der Waals surface area contributed by atoms with Gasteiger partial charge in [0.15, 0.2) is 6.23 Å². The lowest BCUT2D eigenvalue weighted by Gasteiger charge is -2.23. The molecule has 1 saturated heterocycles. The summed E-state index contributed by atoms with van der Waals surface area (Å²) < 4.78 is 13.8. The van der Waals surface area contributed by atoms with Crippen LogP contribution in [0.4, 0.5) is 0 Å². The lowest BCUT2D eigenvalue weighted by molar-refractivity contribution is -0.154. The third kappa shape index (κ3) is 5.08. The molecule has 1 atom stereocenters. The van der Waals surface area contributed by atoms with Crippen LogP contribution in [0.3, 0.4) is 0 Å². The van der Waals surface area contributed by atoms with Crippen LogP contribution in [0.1, 0.15) is 64.7 Å². The van der Waals surface area contributed by atoms with Crippen LogP contribution in [-0.2, 0) is 14.3 Å². The molecule has 0 radical (unpaired) electrons. The third-order valence-corrected chi connectivity index (χ3v) is 5.43. The highest BCUT2D eigenvalue weighted by Gasteiger charge is 2.21. The molecule has 0 N–H and O–H groups in total. The summed E-state index contributed by atoms with van der Waals surface area (Å²) in [6.45, 7) is 6.30. The quantitative estimate of drug-likeness (QED) is 0.434. The maximum atomic E-state index is 11.8. The predicted octanol–water partition coefficient (Wildman–Crippen LogP) is 5.62. The number of hydrogen-bond donors (Lipinski definition) is 0. The number of aromatic nitrogens is 2. The smallest absolute Gasteiger partial charge is 0.307 e. The maximum Gasteiger partial charge on any atom is 0.307 e. The second-order valence-corrected chi connectivity index (χ2v) is 8.98. The highest BCUT2D eigenvalue weighted by Crippen LogP contribution is 2.35. The first-order valence-electron chi connectivity index (χ1n) is 9.44. The van der Waals surface area contributed by atoms with Crippen molar-refractivity contribution >= 4 is 44.4 Å². The number of nitrogens with zero attached hydrogens (tertiary/aromatic N) is 2. The van der Waals surface area contributed by atoms with Gasteiger partial charge in [0.05, 0.1) is 28.7 Å². The Bertz CT molecular complexity index is 931. The molecule has 0 saturated carbocycles. The minimum Gasteiger partial charge on any atom is -0.460 e. The normalized spacial score (nSPS) is 17.2. The van der Waals surface area contributed by atoms with Gasteiger partial charge >= 0.3 is 5.97 Å². The van der Waals surface area contributed by atoms with Gasteiger partial charge in [-0.05, 0) is 62.0 Å². The number of halogens is 2. The van der Waals surface area contributed by atoms with Crippen LogP contribution in [0.15, 0.2) is 16.7 Å². The molecule has 1 unspecified atom stereocenters. The zero-order chi connectivity index (χ0) is 20.3. The van der Waals surface area contributed by atoms with Gasteiger partial charge in [-0.3, -0.25) is 4.79 Å². The number of rotatable bonds is 3. The van der Waals surface area contributed by atoms with Gasteiger partial charge in [-0.15, -0.1) is 0 Å². The molecule has 1 aliphatic heterocycles. The van der Waals surface area contributed by atoms with Gasteiger partial charge in [0.2, 0.25) is 0 Å². The van der Waals surface area contributed by atoms with Crippen molar-refractivity contribution < 1.29 is 14.3 Å². The monoisotopic (exact) mass is 466 g/mol. The van der Waals surface area contributed by atoms with Gasteiger partial charge in [0.1, 0.15) is 5.60 Å². The number of hydrogen-bond acceptors (Lipinski definition) is 4.